The largest absolute Gasteiger partial charge is 0.271 e. The summed E-state index contributed by atoms with van der Waals surface area (Å²) in [5.41, 5.74) is 0.980. The number of rotatable bonds is 3. The first-order valence-corrected chi connectivity index (χ1v) is 9.51. The van der Waals surface area contributed by atoms with Crippen molar-refractivity contribution in [2.75, 3.05) is 18.6 Å². The summed E-state index contributed by atoms with van der Waals surface area (Å²) in [6.07, 6.45) is 0.344. The lowest BCUT2D eigenvalue weighted by Gasteiger charge is -2.22. The van der Waals surface area contributed by atoms with E-state index in [-0.39, 0.29) is 16.4 Å². The fourth-order valence-electron chi connectivity index (χ4n) is 2.53. The van der Waals surface area contributed by atoms with Crippen LogP contribution in [-0.4, -0.2) is 55.5 Å². The first-order valence-electron chi connectivity index (χ1n) is 6.25. The Hall–Kier alpha value is -0.930. The van der Waals surface area contributed by atoms with Crippen molar-refractivity contribution in [3.05, 3.63) is 11.4 Å². The third-order valence-corrected chi connectivity index (χ3v) is 7.72. The summed E-state index contributed by atoms with van der Waals surface area (Å²) >= 11 is 0. The highest BCUT2D eigenvalue weighted by Crippen LogP contribution is 2.26. The molecule has 1 unspecified atom stereocenters. The average Bonchev–Trinajstić information content (AvgIpc) is 2.79. The Morgan fingerprint density at radius 1 is 1.35 bits per heavy atom. The molecule has 7 nitrogen and oxygen atoms in total. The van der Waals surface area contributed by atoms with E-state index < -0.39 is 25.9 Å². The van der Waals surface area contributed by atoms with Gasteiger partial charge in [0, 0.05) is 20.1 Å². The number of sulfone groups is 1. The molecule has 1 aromatic heterocycles. The molecular weight excluding hydrogens is 302 g/mol. The Morgan fingerprint density at radius 2 is 1.95 bits per heavy atom. The van der Waals surface area contributed by atoms with Gasteiger partial charge in [0.25, 0.3) is 0 Å². The first kappa shape index (κ1) is 15.5. The van der Waals surface area contributed by atoms with Gasteiger partial charge in [0.15, 0.2) is 9.84 Å². The highest BCUT2D eigenvalue weighted by molar-refractivity contribution is 7.92. The molecule has 1 fully saturated rings. The zero-order valence-corrected chi connectivity index (χ0v) is 13.6. The van der Waals surface area contributed by atoms with Crippen molar-refractivity contribution in [2.24, 2.45) is 7.05 Å². The van der Waals surface area contributed by atoms with Gasteiger partial charge in [-0.2, -0.15) is 9.40 Å². The molecule has 0 aliphatic carbocycles. The van der Waals surface area contributed by atoms with Crippen molar-refractivity contribution in [3.63, 3.8) is 0 Å². The van der Waals surface area contributed by atoms with Gasteiger partial charge in [0.2, 0.25) is 10.0 Å². The van der Waals surface area contributed by atoms with Gasteiger partial charge < -0.3 is 0 Å². The van der Waals surface area contributed by atoms with E-state index in [0.717, 1.165) is 0 Å². The molecule has 0 amide bonds. The van der Waals surface area contributed by atoms with Crippen LogP contribution >= 0.6 is 0 Å². The Kier molecular flexibility index (Phi) is 3.72. The maximum atomic E-state index is 12.7. The third kappa shape index (κ3) is 2.49. The number of aryl methyl sites for hydroxylation is 2. The third-order valence-electron chi connectivity index (χ3n) is 3.80. The molecule has 0 aromatic carbocycles. The molecule has 1 aliphatic rings. The van der Waals surface area contributed by atoms with Crippen LogP contribution in [0.5, 0.6) is 0 Å². The number of sulfonamides is 1. The van der Waals surface area contributed by atoms with Crippen LogP contribution in [0.4, 0.5) is 0 Å². The van der Waals surface area contributed by atoms with E-state index in [1.807, 2.05) is 0 Å². The van der Waals surface area contributed by atoms with Gasteiger partial charge in [0.05, 0.1) is 22.9 Å². The molecule has 1 aliphatic heterocycles. The van der Waals surface area contributed by atoms with Gasteiger partial charge in [-0.05, 0) is 20.3 Å². The summed E-state index contributed by atoms with van der Waals surface area (Å²) in [5, 5.41) is 4.11. The minimum absolute atomic E-state index is 0.0442. The van der Waals surface area contributed by atoms with Crippen molar-refractivity contribution in [1.82, 2.24) is 14.1 Å². The molecule has 9 heteroatoms. The molecule has 1 atom stereocenters. The van der Waals surface area contributed by atoms with Crippen LogP contribution in [0.15, 0.2) is 4.90 Å². The monoisotopic (exact) mass is 321 g/mol. The van der Waals surface area contributed by atoms with E-state index in [2.05, 4.69) is 5.10 Å². The Bertz CT molecular complexity index is 734. The SMILES string of the molecule is Cc1nn(C)c(C)c1S(=O)(=O)N(C)C1CCS(=O)(=O)C1. The molecule has 2 heterocycles. The van der Waals surface area contributed by atoms with Crippen molar-refractivity contribution in [1.29, 1.82) is 0 Å². The van der Waals surface area contributed by atoms with E-state index in [1.165, 1.54) is 16.0 Å². The van der Waals surface area contributed by atoms with Crippen LogP contribution < -0.4 is 0 Å². The summed E-state index contributed by atoms with van der Waals surface area (Å²) < 4.78 is 51.0. The molecular formula is C11H19N3O4S2. The molecule has 1 saturated heterocycles. The lowest BCUT2D eigenvalue weighted by atomic mass is 10.3. The Balaban J connectivity index is 2.41. The summed E-state index contributed by atoms with van der Waals surface area (Å²) in [4.78, 5) is 0.173. The normalized spacial score (nSPS) is 22.6. The molecule has 2 rings (SSSR count). The van der Waals surface area contributed by atoms with Gasteiger partial charge in [-0.3, -0.25) is 4.68 Å². The van der Waals surface area contributed by atoms with Crippen LogP contribution in [0.1, 0.15) is 17.8 Å². The fraction of sp³-hybridized carbons (Fsp3) is 0.727. The van der Waals surface area contributed by atoms with Crippen molar-refractivity contribution < 1.29 is 16.8 Å². The van der Waals surface area contributed by atoms with Crippen LogP contribution in [0.3, 0.4) is 0 Å². The van der Waals surface area contributed by atoms with Gasteiger partial charge in [0.1, 0.15) is 4.90 Å². The number of hydrogen-bond donors (Lipinski definition) is 0. The van der Waals surface area contributed by atoms with Gasteiger partial charge in [-0.25, -0.2) is 16.8 Å². The van der Waals surface area contributed by atoms with Crippen LogP contribution in [0, 0.1) is 13.8 Å². The summed E-state index contributed by atoms with van der Waals surface area (Å²) in [7, 11) is -3.73. The van der Waals surface area contributed by atoms with Crippen LogP contribution in [-0.2, 0) is 26.9 Å². The summed E-state index contributed by atoms with van der Waals surface area (Å²) in [6.45, 7) is 3.32. The highest BCUT2D eigenvalue weighted by Gasteiger charge is 2.38. The predicted molar refractivity (Wildman–Crippen MR) is 74.7 cm³/mol. The zero-order valence-electron chi connectivity index (χ0n) is 12.0. The molecule has 1 aromatic rings. The van der Waals surface area contributed by atoms with Crippen LogP contribution in [0.25, 0.3) is 0 Å². The minimum Gasteiger partial charge on any atom is -0.271 e. The second-order valence-electron chi connectivity index (χ2n) is 5.20. The van der Waals surface area contributed by atoms with Gasteiger partial charge >= 0.3 is 0 Å². The molecule has 0 spiro atoms. The van der Waals surface area contributed by atoms with Crippen LogP contribution in [0.2, 0.25) is 0 Å². The number of aromatic nitrogens is 2. The van der Waals surface area contributed by atoms with E-state index in [1.54, 1.807) is 20.9 Å². The Labute approximate surface area is 119 Å². The molecule has 0 N–H and O–H groups in total. The maximum Gasteiger partial charge on any atom is 0.246 e. The molecule has 0 saturated carbocycles. The lowest BCUT2D eigenvalue weighted by molar-refractivity contribution is 0.393. The number of hydrogen-bond acceptors (Lipinski definition) is 5. The van der Waals surface area contributed by atoms with Gasteiger partial charge in [-0.1, -0.05) is 0 Å². The maximum absolute atomic E-state index is 12.7. The quantitative estimate of drug-likeness (QED) is 0.772. The topological polar surface area (TPSA) is 89.3 Å². The average molecular weight is 321 g/mol. The Morgan fingerprint density at radius 3 is 2.35 bits per heavy atom. The van der Waals surface area contributed by atoms with Crippen molar-refractivity contribution >= 4 is 19.9 Å². The second-order valence-corrected chi connectivity index (χ2v) is 9.36. The van der Waals surface area contributed by atoms with E-state index >= 15 is 0 Å². The molecule has 0 bridgehead atoms. The predicted octanol–water partition coefficient (Wildman–Crippen LogP) is -0.155. The first-order chi connectivity index (χ1) is 9.06. The van der Waals surface area contributed by atoms with E-state index in [0.29, 0.717) is 17.8 Å². The highest BCUT2D eigenvalue weighted by atomic mass is 32.2. The fourth-order valence-corrected chi connectivity index (χ4v) is 6.18. The molecule has 0 radical (unpaired) electrons. The van der Waals surface area contributed by atoms with Crippen molar-refractivity contribution in [2.45, 2.75) is 31.2 Å². The van der Waals surface area contributed by atoms with E-state index in [9.17, 15) is 16.8 Å². The summed E-state index contributed by atoms with van der Waals surface area (Å²) in [5.74, 6) is -0.0659. The minimum atomic E-state index is -3.73. The standard InChI is InChI=1S/C11H19N3O4S2/c1-8-11(9(2)13(3)12-8)20(17,18)14(4)10-5-6-19(15,16)7-10/h10H,5-7H2,1-4H3. The smallest absolute Gasteiger partial charge is 0.246 e. The van der Waals surface area contributed by atoms with Crippen molar-refractivity contribution in [3.8, 4) is 0 Å². The van der Waals surface area contributed by atoms with Gasteiger partial charge in [-0.15, -0.1) is 0 Å². The van der Waals surface area contributed by atoms with E-state index in [4.69, 9.17) is 0 Å². The number of nitrogens with zero attached hydrogens (tertiary/aromatic N) is 3. The summed E-state index contributed by atoms with van der Waals surface area (Å²) in [6, 6.07) is -0.496. The second kappa shape index (κ2) is 4.81. The molecule has 20 heavy (non-hydrogen) atoms. The lowest BCUT2D eigenvalue weighted by Crippen LogP contribution is -2.38. The zero-order chi connectivity index (χ0) is 15.3. The molecule has 114 valence electrons.